The highest BCUT2D eigenvalue weighted by molar-refractivity contribution is 5.94. The van der Waals surface area contributed by atoms with Crippen molar-refractivity contribution in [2.45, 2.75) is 31.9 Å². The van der Waals surface area contributed by atoms with Gasteiger partial charge in [0.05, 0.1) is 12.1 Å². The first-order chi connectivity index (χ1) is 11.2. The monoisotopic (exact) mass is 309 g/mol. The average Bonchev–Trinajstić information content (AvgIpc) is 2.98. The predicted molar refractivity (Wildman–Crippen MR) is 91.6 cm³/mol. The molecule has 3 rings (SSSR count). The molecule has 0 saturated carbocycles. The molecule has 0 bridgehead atoms. The zero-order chi connectivity index (χ0) is 16.2. The van der Waals surface area contributed by atoms with Gasteiger partial charge in [0.25, 0.3) is 5.91 Å². The standard InChI is InChI=1S/C20H23NO2/c1-15-8-10-17(11-9-15)20(22)21-13-12-19(23-2)18(21)14-16-6-4-3-5-7-16/h3-11,18-19H,12-14H2,1-2H3/t18-,19+/m0/s1. The lowest BCUT2D eigenvalue weighted by Gasteiger charge is -2.28. The maximum absolute atomic E-state index is 12.9. The maximum Gasteiger partial charge on any atom is 0.254 e. The third-order valence-electron chi connectivity index (χ3n) is 4.63. The molecule has 3 heteroatoms. The molecular formula is C20H23NO2. The summed E-state index contributed by atoms with van der Waals surface area (Å²) >= 11 is 0. The highest BCUT2D eigenvalue weighted by atomic mass is 16.5. The Balaban J connectivity index is 1.81. The number of hydrogen-bond donors (Lipinski definition) is 0. The number of hydrogen-bond acceptors (Lipinski definition) is 2. The van der Waals surface area contributed by atoms with Crippen molar-refractivity contribution >= 4 is 5.91 Å². The topological polar surface area (TPSA) is 29.5 Å². The first kappa shape index (κ1) is 15.8. The van der Waals surface area contributed by atoms with Gasteiger partial charge in [-0.3, -0.25) is 4.79 Å². The SMILES string of the molecule is CO[C@@H]1CCN(C(=O)c2ccc(C)cc2)[C@H]1Cc1ccccc1. The Kier molecular flexibility index (Phi) is 4.77. The summed E-state index contributed by atoms with van der Waals surface area (Å²) in [5, 5.41) is 0. The number of aryl methyl sites for hydroxylation is 1. The van der Waals surface area contributed by atoms with E-state index in [9.17, 15) is 4.79 Å². The van der Waals surface area contributed by atoms with Crippen LogP contribution in [0.3, 0.4) is 0 Å². The van der Waals surface area contributed by atoms with E-state index in [0.717, 1.165) is 24.9 Å². The van der Waals surface area contributed by atoms with Crippen molar-refractivity contribution in [3.8, 4) is 0 Å². The van der Waals surface area contributed by atoms with Crippen LogP contribution < -0.4 is 0 Å². The normalized spacial score (nSPS) is 20.7. The Bertz CT molecular complexity index is 651. The second-order valence-electron chi connectivity index (χ2n) is 6.18. The molecule has 2 aromatic carbocycles. The van der Waals surface area contributed by atoms with Gasteiger partial charge in [0.2, 0.25) is 0 Å². The summed E-state index contributed by atoms with van der Waals surface area (Å²) in [6.07, 6.45) is 1.83. The third-order valence-corrected chi connectivity index (χ3v) is 4.63. The van der Waals surface area contributed by atoms with E-state index in [1.165, 1.54) is 11.1 Å². The van der Waals surface area contributed by atoms with Crippen molar-refractivity contribution in [3.05, 3.63) is 71.3 Å². The summed E-state index contributed by atoms with van der Waals surface area (Å²) in [6, 6.07) is 18.2. The van der Waals surface area contributed by atoms with Gasteiger partial charge in [-0.25, -0.2) is 0 Å². The van der Waals surface area contributed by atoms with Crippen LogP contribution in [0.2, 0.25) is 0 Å². The van der Waals surface area contributed by atoms with Crippen LogP contribution in [0.1, 0.15) is 27.9 Å². The molecule has 3 nitrogen and oxygen atoms in total. The summed E-state index contributed by atoms with van der Waals surface area (Å²) in [5.74, 6) is 0.102. The van der Waals surface area contributed by atoms with Crippen molar-refractivity contribution in [1.82, 2.24) is 4.90 Å². The minimum absolute atomic E-state index is 0.0937. The van der Waals surface area contributed by atoms with Gasteiger partial charge in [-0.1, -0.05) is 48.0 Å². The van der Waals surface area contributed by atoms with Crippen LogP contribution in [0, 0.1) is 6.92 Å². The van der Waals surface area contributed by atoms with Crippen molar-refractivity contribution in [2.24, 2.45) is 0 Å². The molecule has 0 aliphatic carbocycles. The average molecular weight is 309 g/mol. The molecule has 1 saturated heterocycles. The van der Waals surface area contributed by atoms with E-state index in [4.69, 9.17) is 4.74 Å². The van der Waals surface area contributed by atoms with Gasteiger partial charge in [0.15, 0.2) is 0 Å². The molecule has 0 spiro atoms. The smallest absolute Gasteiger partial charge is 0.254 e. The number of nitrogens with zero attached hydrogens (tertiary/aromatic N) is 1. The Labute approximate surface area is 137 Å². The van der Waals surface area contributed by atoms with Crippen molar-refractivity contribution in [3.63, 3.8) is 0 Å². The molecular weight excluding hydrogens is 286 g/mol. The summed E-state index contributed by atoms with van der Waals surface area (Å²) in [6.45, 7) is 2.78. The largest absolute Gasteiger partial charge is 0.379 e. The molecule has 2 atom stereocenters. The summed E-state index contributed by atoms with van der Waals surface area (Å²) in [5.41, 5.74) is 3.16. The lowest BCUT2D eigenvalue weighted by molar-refractivity contribution is 0.0508. The number of methoxy groups -OCH3 is 1. The lowest BCUT2D eigenvalue weighted by Crippen LogP contribution is -2.41. The van der Waals surface area contributed by atoms with E-state index < -0.39 is 0 Å². The third kappa shape index (κ3) is 3.45. The highest BCUT2D eigenvalue weighted by Gasteiger charge is 2.37. The van der Waals surface area contributed by atoms with Gasteiger partial charge in [-0.2, -0.15) is 0 Å². The van der Waals surface area contributed by atoms with Crippen LogP contribution in [0.15, 0.2) is 54.6 Å². The summed E-state index contributed by atoms with van der Waals surface area (Å²) in [4.78, 5) is 14.9. The van der Waals surface area contributed by atoms with Gasteiger partial charge in [-0.15, -0.1) is 0 Å². The predicted octanol–water partition coefficient (Wildman–Crippen LogP) is 3.47. The minimum atomic E-state index is 0.0937. The van der Waals surface area contributed by atoms with Gasteiger partial charge in [0, 0.05) is 19.2 Å². The Hall–Kier alpha value is -2.13. The number of amides is 1. The second kappa shape index (κ2) is 6.97. The van der Waals surface area contributed by atoms with E-state index in [2.05, 4.69) is 12.1 Å². The fourth-order valence-corrected chi connectivity index (χ4v) is 3.31. The maximum atomic E-state index is 12.9. The molecule has 1 amide bonds. The molecule has 0 unspecified atom stereocenters. The zero-order valence-electron chi connectivity index (χ0n) is 13.7. The van der Waals surface area contributed by atoms with Gasteiger partial charge < -0.3 is 9.64 Å². The number of carbonyl (C=O) groups is 1. The number of rotatable bonds is 4. The van der Waals surface area contributed by atoms with E-state index in [-0.39, 0.29) is 18.1 Å². The summed E-state index contributed by atoms with van der Waals surface area (Å²) in [7, 11) is 1.74. The molecule has 1 heterocycles. The molecule has 2 aromatic rings. The molecule has 120 valence electrons. The first-order valence-corrected chi connectivity index (χ1v) is 8.13. The molecule has 1 fully saturated rings. The lowest BCUT2D eigenvalue weighted by atomic mass is 10.0. The van der Waals surface area contributed by atoms with Gasteiger partial charge in [-0.05, 0) is 37.5 Å². The number of likely N-dealkylation sites (tertiary alicyclic amines) is 1. The van der Waals surface area contributed by atoms with E-state index >= 15 is 0 Å². The van der Waals surface area contributed by atoms with Crippen LogP contribution in [-0.2, 0) is 11.2 Å². The quantitative estimate of drug-likeness (QED) is 0.865. The Morgan fingerprint density at radius 3 is 2.48 bits per heavy atom. The molecule has 0 aromatic heterocycles. The first-order valence-electron chi connectivity index (χ1n) is 8.13. The molecule has 0 radical (unpaired) electrons. The summed E-state index contributed by atoms with van der Waals surface area (Å²) < 4.78 is 5.64. The van der Waals surface area contributed by atoms with Crippen molar-refractivity contribution in [2.75, 3.05) is 13.7 Å². The van der Waals surface area contributed by atoms with Crippen molar-refractivity contribution in [1.29, 1.82) is 0 Å². The van der Waals surface area contributed by atoms with Crippen LogP contribution in [0.4, 0.5) is 0 Å². The molecule has 0 N–H and O–H groups in total. The fourth-order valence-electron chi connectivity index (χ4n) is 3.31. The Morgan fingerprint density at radius 2 is 1.83 bits per heavy atom. The minimum Gasteiger partial charge on any atom is -0.379 e. The van der Waals surface area contributed by atoms with Crippen LogP contribution >= 0.6 is 0 Å². The highest BCUT2D eigenvalue weighted by Crippen LogP contribution is 2.26. The van der Waals surface area contributed by atoms with E-state index in [1.807, 2.05) is 54.3 Å². The fraction of sp³-hybridized carbons (Fsp3) is 0.350. The van der Waals surface area contributed by atoms with Crippen LogP contribution in [-0.4, -0.2) is 36.6 Å². The number of ether oxygens (including phenoxy) is 1. The van der Waals surface area contributed by atoms with Crippen molar-refractivity contribution < 1.29 is 9.53 Å². The number of carbonyl (C=O) groups excluding carboxylic acids is 1. The van der Waals surface area contributed by atoms with E-state index in [1.54, 1.807) is 7.11 Å². The van der Waals surface area contributed by atoms with Crippen LogP contribution in [0.5, 0.6) is 0 Å². The van der Waals surface area contributed by atoms with Gasteiger partial charge in [0.1, 0.15) is 0 Å². The van der Waals surface area contributed by atoms with E-state index in [0.29, 0.717) is 0 Å². The van der Waals surface area contributed by atoms with Crippen LogP contribution in [0.25, 0.3) is 0 Å². The Morgan fingerprint density at radius 1 is 1.13 bits per heavy atom. The molecule has 1 aliphatic heterocycles. The van der Waals surface area contributed by atoms with Gasteiger partial charge >= 0.3 is 0 Å². The second-order valence-corrected chi connectivity index (χ2v) is 6.18. The molecule has 1 aliphatic rings. The molecule has 23 heavy (non-hydrogen) atoms. The number of benzene rings is 2. The zero-order valence-corrected chi connectivity index (χ0v) is 13.7.